The molecule has 2 heterocycles. The van der Waals surface area contributed by atoms with Gasteiger partial charge in [0.1, 0.15) is 11.3 Å². The van der Waals surface area contributed by atoms with E-state index in [4.69, 9.17) is 0 Å². The third-order valence-corrected chi connectivity index (χ3v) is 3.63. The zero-order valence-electron chi connectivity index (χ0n) is 13.0. The van der Waals surface area contributed by atoms with Crippen molar-refractivity contribution in [2.75, 3.05) is 0 Å². The van der Waals surface area contributed by atoms with Crippen LogP contribution in [0, 0.1) is 5.82 Å². The summed E-state index contributed by atoms with van der Waals surface area (Å²) in [7, 11) is 0. The van der Waals surface area contributed by atoms with Crippen LogP contribution in [0.1, 0.15) is 23.0 Å². The van der Waals surface area contributed by atoms with Crippen molar-refractivity contribution in [2.24, 2.45) is 0 Å². The highest BCUT2D eigenvalue weighted by Crippen LogP contribution is 2.08. The molecule has 0 aliphatic carbocycles. The monoisotopic (exact) mass is 326 g/mol. The fourth-order valence-corrected chi connectivity index (χ4v) is 2.42. The summed E-state index contributed by atoms with van der Waals surface area (Å²) in [5.41, 5.74) is 0.471. The molecule has 3 aromatic rings. The van der Waals surface area contributed by atoms with Crippen LogP contribution < -0.4 is 10.9 Å². The molecule has 0 bridgehead atoms. The predicted octanol–water partition coefficient (Wildman–Crippen LogP) is 1.88. The molecule has 7 heteroatoms. The lowest BCUT2D eigenvalue weighted by Crippen LogP contribution is -2.34. The first-order chi connectivity index (χ1) is 11.6. The van der Waals surface area contributed by atoms with Gasteiger partial charge in [-0.15, -0.1) is 0 Å². The highest BCUT2D eigenvalue weighted by molar-refractivity contribution is 5.93. The molecule has 6 nitrogen and oxygen atoms in total. The molecule has 0 aliphatic rings. The SMILES string of the molecule is CCn1c(=O)c(C(=O)NCc2ccccc2F)nc2cccnc21. The van der Waals surface area contributed by atoms with Crippen LogP contribution in [0.2, 0.25) is 0 Å². The number of carbonyl (C=O) groups is 1. The van der Waals surface area contributed by atoms with Crippen LogP contribution in [-0.4, -0.2) is 20.4 Å². The van der Waals surface area contributed by atoms with E-state index >= 15 is 0 Å². The highest BCUT2D eigenvalue weighted by Gasteiger charge is 2.17. The van der Waals surface area contributed by atoms with Gasteiger partial charge >= 0.3 is 0 Å². The minimum absolute atomic E-state index is 0.0240. The quantitative estimate of drug-likeness (QED) is 0.794. The molecule has 0 unspecified atom stereocenters. The standard InChI is InChI=1S/C17H15FN4O2/c1-2-22-15-13(8-5-9-19-15)21-14(17(22)24)16(23)20-10-11-6-3-4-7-12(11)18/h3-9H,2,10H2,1H3,(H,20,23). The average molecular weight is 326 g/mol. The van der Waals surface area contributed by atoms with Gasteiger partial charge in [0.15, 0.2) is 11.3 Å². The summed E-state index contributed by atoms with van der Waals surface area (Å²) < 4.78 is 15.0. The summed E-state index contributed by atoms with van der Waals surface area (Å²) in [5.74, 6) is -1.06. The van der Waals surface area contributed by atoms with Crippen molar-refractivity contribution in [1.82, 2.24) is 19.9 Å². The summed E-state index contributed by atoms with van der Waals surface area (Å²) in [6.45, 7) is 2.13. The molecule has 2 aromatic heterocycles. The maximum atomic E-state index is 13.6. The van der Waals surface area contributed by atoms with E-state index in [0.29, 0.717) is 23.3 Å². The Kier molecular flexibility index (Phi) is 4.33. The summed E-state index contributed by atoms with van der Waals surface area (Å²) in [6.07, 6.45) is 1.56. The van der Waals surface area contributed by atoms with Crippen molar-refractivity contribution in [3.63, 3.8) is 0 Å². The maximum Gasteiger partial charge on any atom is 0.283 e. The minimum atomic E-state index is -0.642. The van der Waals surface area contributed by atoms with E-state index in [9.17, 15) is 14.0 Å². The molecule has 0 saturated carbocycles. The summed E-state index contributed by atoms with van der Waals surface area (Å²) in [4.78, 5) is 33.0. The second-order valence-corrected chi connectivity index (χ2v) is 5.13. The van der Waals surface area contributed by atoms with Gasteiger partial charge in [-0.2, -0.15) is 0 Å². The zero-order valence-corrected chi connectivity index (χ0v) is 13.0. The van der Waals surface area contributed by atoms with Crippen molar-refractivity contribution in [1.29, 1.82) is 0 Å². The number of fused-ring (bicyclic) bond motifs is 1. The maximum absolute atomic E-state index is 13.6. The van der Waals surface area contributed by atoms with E-state index in [2.05, 4.69) is 15.3 Å². The Labute approximate surface area is 137 Å². The van der Waals surface area contributed by atoms with Gasteiger partial charge in [0.05, 0.1) is 0 Å². The lowest BCUT2D eigenvalue weighted by atomic mass is 10.2. The molecular formula is C17H15FN4O2. The lowest BCUT2D eigenvalue weighted by molar-refractivity contribution is 0.0943. The van der Waals surface area contributed by atoms with Crippen LogP contribution in [0.5, 0.6) is 0 Å². The Morgan fingerprint density at radius 3 is 2.79 bits per heavy atom. The number of rotatable bonds is 4. The first kappa shape index (κ1) is 15.8. The second kappa shape index (κ2) is 6.57. The number of carbonyl (C=O) groups excluding carboxylic acids is 1. The van der Waals surface area contributed by atoms with E-state index in [1.54, 1.807) is 43.5 Å². The number of hydrogen-bond acceptors (Lipinski definition) is 4. The van der Waals surface area contributed by atoms with Gasteiger partial charge in [-0.25, -0.2) is 14.4 Å². The van der Waals surface area contributed by atoms with E-state index in [0.717, 1.165) is 0 Å². The lowest BCUT2D eigenvalue weighted by Gasteiger charge is -2.10. The number of aromatic nitrogens is 3. The van der Waals surface area contributed by atoms with Gasteiger partial charge in [-0.3, -0.25) is 14.2 Å². The number of nitrogens with zero attached hydrogens (tertiary/aromatic N) is 3. The van der Waals surface area contributed by atoms with Crippen molar-refractivity contribution in [3.05, 3.63) is 70.0 Å². The van der Waals surface area contributed by atoms with Gasteiger partial charge in [0, 0.05) is 24.8 Å². The summed E-state index contributed by atoms with van der Waals surface area (Å²) >= 11 is 0. The fourth-order valence-electron chi connectivity index (χ4n) is 2.42. The van der Waals surface area contributed by atoms with Crippen molar-refractivity contribution < 1.29 is 9.18 Å². The van der Waals surface area contributed by atoms with Gasteiger partial charge in [0.2, 0.25) is 0 Å². The smallest absolute Gasteiger partial charge is 0.283 e. The molecule has 1 amide bonds. The number of amides is 1. The Balaban J connectivity index is 1.94. The van der Waals surface area contributed by atoms with Crippen LogP contribution in [0.4, 0.5) is 4.39 Å². The number of halogens is 1. The van der Waals surface area contributed by atoms with Gasteiger partial charge < -0.3 is 5.32 Å². The number of aryl methyl sites for hydroxylation is 1. The van der Waals surface area contributed by atoms with Crippen LogP contribution in [-0.2, 0) is 13.1 Å². The van der Waals surface area contributed by atoms with E-state index in [1.807, 2.05) is 0 Å². The molecule has 0 fully saturated rings. The summed E-state index contributed by atoms with van der Waals surface area (Å²) in [6, 6.07) is 9.48. The molecule has 1 aromatic carbocycles. The molecule has 1 N–H and O–H groups in total. The Morgan fingerprint density at radius 2 is 2.04 bits per heavy atom. The van der Waals surface area contributed by atoms with Crippen LogP contribution >= 0.6 is 0 Å². The molecule has 24 heavy (non-hydrogen) atoms. The Morgan fingerprint density at radius 1 is 1.25 bits per heavy atom. The molecule has 0 aliphatic heterocycles. The zero-order chi connectivity index (χ0) is 17.1. The molecule has 3 rings (SSSR count). The van der Waals surface area contributed by atoms with Crippen molar-refractivity contribution >= 4 is 17.1 Å². The molecule has 0 spiro atoms. The van der Waals surface area contributed by atoms with Gasteiger partial charge in [0.25, 0.3) is 11.5 Å². The van der Waals surface area contributed by atoms with E-state index < -0.39 is 17.3 Å². The van der Waals surface area contributed by atoms with Crippen molar-refractivity contribution in [3.8, 4) is 0 Å². The number of hydrogen-bond donors (Lipinski definition) is 1. The topological polar surface area (TPSA) is 76.9 Å². The molecule has 0 radical (unpaired) electrons. The number of benzene rings is 1. The minimum Gasteiger partial charge on any atom is -0.346 e. The van der Waals surface area contributed by atoms with Crippen LogP contribution in [0.25, 0.3) is 11.2 Å². The first-order valence-corrected chi connectivity index (χ1v) is 7.49. The molecule has 122 valence electrons. The van der Waals surface area contributed by atoms with Crippen molar-refractivity contribution in [2.45, 2.75) is 20.0 Å². The van der Waals surface area contributed by atoms with E-state index in [-0.39, 0.29) is 12.2 Å². The molecule has 0 atom stereocenters. The predicted molar refractivity (Wildman–Crippen MR) is 87.0 cm³/mol. The molecule has 0 saturated heterocycles. The highest BCUT2D eigenvalue weighted by atomic mass is 19.1. The first-order valence-electron chi connectivity index (χ1n) is 7.49. The largest absolute Gasteiger partial charge is 0.346 e. The molecular weight excluding hydrogens is 311 g/mol. The van der Waals surface area contributed by atoms with Crippen LogP contribution in [0.3, 0.4) is 0 Å². The van der Waals surface area contributed by atoms with Gasteiger partial charge in [-0.1, -0.05) is 18.2 Å². The average Bonchev–Trinajstić information content (AvgIpc) is 2.60. The normalized spacial score (nSPS) is 10.8. The second-order valence-electron chi connectivity index (χ2n) is 5.13. The van der Waals surface area contributed by atoms with Crippen LogP contribution in [0.15, 0.2) is 47.4 Å². The number of pyridine rings is 1. The summed E-state index contributed by atoms with van der Waals surface area (Å²) in [5, 5.41) is 2.54. The van der Waals surface area contributed by atoms with Gasteiger partial charge in [-0.05, 0) is 25.1 Å². The Hall–Kier alpha value is -3.09. The number of nitrogens with one attached hydrogen (secondary N) is 1. The van der Waals surface area contributed by atoms with E-state index in [1.165, 1.54) is 10.6 Å². The third-order valence-electron chi connectivity index (χ3n) is 3.63. The Bertz CT molecular complexity index is 968. The third kappa shape index (κ3) is 2.88. The fraction of sp³-hybridized carbons (Fsp3) is 0.176.